The number of hydrogen-bond donors (Lipinski definition) is 4. The molecule has 0 aromatic heterocycles. The first-order chi connectivity index (χ1) is 30.1. The van der Waals surface area contributed by atoms with E-state index in [1.54, 1.807) is 26.9 Å². The predicted molar refractivity (Wildman–Crippen MR) is 253 cm³/mol. The van der Waals surface area contributed by atoms with Gasteiger partial charge in [0.1, 0.15) is 6.61 Å². The number of benzene rings is 3. The number of primary amides is 1. The average molecular weight is 857 g/mol. The summed E-state index contributed by atoms with van der Waals surface area (Å²) in [6, 6.07) is 22.7. The van der Waals surface area contributed by atoms with E-state index in [9.17, 15) is 14.4 Å². The summed E-state index contributed by atoms with van der Waals surface area (Å²) in [6.07, 6.45) is 14.8. The molecular weight excluding hydrogens is 781 g/mol. The number of likely N-dealkylation sites (tertiary alicyclic amines) is 2. The molecule has 2 aliphatic carbocycles. The minimum Gasteiger partial charge on any atom is -0.388 e. The molecule has 12 nitrogen and oxygen atoms in total. The van der Waals surface area contributed by atoms with Gasteiger partial charge in [-0.1, -0.05) is 89.8 Å². The summed E-state index contributed by atoms with van der Waals surface area (Å²) >= 11 is 0. The number of nitrogens with zero attached hydrogens (tertiary/aromatic N) is 2. The number of carbonyl (C=O) groups is 4. The number of ether oxygens (including phenoxy) is 2. The molecule has 4 amide bonds. The topological polar surface area (TPSA) is 155 Å². The zero-order valence-electron chi connectivity index (χ0n) is 38.7. The molecule has 4 aliphatic rings. The van der Waals surface area contributed by atoms with Crippen molar-refractivity contribution < 1.29 is 28.7 Å². The van der Waals surface area contributed by atoms with Crippen molar-refractivity contribution in [1.82, 2.24) is 15.1 Å². The third-order valence-electron chi connectivity index (χ3n) is 11.7. The summed E-state index contributed by atoms with van der Waals surface area (Å²) in [7, 11) is 4.83. The van der Waals surface area contributed by atoms with Crippen molar-refractivity contribution >= 4 is 36.0 Å². The molecule has 3 aromatic carbocycles. The third kappa shape index (κ3) is 14.3. The maximum atomic E-state index is 12.5. The summed E-state index contributed by atoms with van der Waals surface area (Å²) in [6.45, 7) is 11.7. The van der Waals surface area contributed by atoms with E-state index >= 15 is 0 Å². The molecule has 7 rings (SSSR count). The summed E-state index contributed by atoms with van der Waals surface area (Å²) < 4.78 is 9.35. The molecule has 3 fully saturated rings. The van der Waals surface area contributed by atoms with Crippen LogP contribution in [0.3, 0.4) is 0 Å². The summed E-state index contributed by atoms with van der Waals surface area (Å²) in [4.78, 5) is 48.1. The first kappa shape index (κ1) is 51.4. The average Bonchev–Trinajstić information content (AvgIpc) is 4.12. The molecule has 2 atom stereocenters. The molecule has 0 radical (unpaired) electrons. The number of carbonyl (C=O) groups excluding carboxylic acids is 4. The van der Waals surface area contributed by atoms with Crippen LogP contribution in [0, 0.1) is 0 Å². The minimum atomic E-state index is -0.0229. The van der Waals surface area contributed by atoms with E-state index in [0.717, 1.165) is 63.1 Å². The van der Waals surface area contributed by atoms with E-state index in [1.807, 2.05) is 9.80 Å². The quantitative estimate of drug-likeness (QED) is 0.126. The fourth-order valence-corrected chi connectivity index (χ4v) is 9.26. The Morgan fingerprint density at radius 2 is 1.16 bits per heavy atom. The largest absolute Gasteiger partial charge is 0.388 e. The molecule has 3 aromatic rings. The van der Waals surface area contributed by atoms with E-state index in [-0.39, 0.29) is 48.9 Å². The minimum absolute atomic E-state index is 0.0229. The Kier molecular flexibility index (Phi) is 23.1. The summed E-state index contributed by atoms with van der Waals surface area (Å²) in [5, 5.41) is 9.66. The zero-order chi connectivity index (χ0) is 45.3. The number of fused-ring (bicyclic) bond motifs is 2. The maximum absolute atomic E-state index is 12.5. The number of nitrogens with two attached hydrogens (primary N) is 1. The fourth-order valence-electron chi connectivity index (χ4n) is 9.26. The van der Waals surface area contributed by atoms with E-state index in [1.165, 1.54) is 72.8 Å². The van der Waals surface area contributed by atoms with Crippen LogP contribution >= 0.6 is 0 Å². The van der Waals surface area contributed by atoms with Crippen LogP contribution in [0.2, 0.25) is 0 Å². The van der Waals surface area contributed by atoms with Gasteiger partial charge in [0.15, 0.2) is 0 Å². The van der Waals surface area contributed by atoms with E-state index in [4.69, 9.17) is 9.53 Å². The van der Waals surface area contributed by atoms with Crippen LogP contribution in [0.25, 0.3) is 22.3 Å². The van der Waals surface area contributed by atoms with Crippen molar-refractivity contribution in [2.45, 2.75) is 122 Å². The van der Waals surface area contributed by atoms with Crippen molar-refractivity contribution in [2.75, 3.05) is 71.3 Å². The second-order valence-electron chi connectivity index (χ2n) is 16.6. The molecule has 12 heteroatoms. The highest BCUT2D eigenvalue weighted by atomic mass is 16.5. The van der Waals surface area contributed by atoms with E-state index < -0.39 is 0 Å². The molecule has 2 heterocycles. The lowest BCUT2D eigenvalue weighted by atomic mass is 9.76. The van der Waals surface area contributed by atoms with Crippen LogP contribution in [0.15, 0.2) is 60.7 Å². The van der Waals surface area contributed by atoms with Gasteiger partial charge in [0, 0.05) is 71.0 Å². The number of amides is 4. The molecule has 2 saturated heterocycles. The van der Waals surface area contributed by atoms with Crippen molar-refractivity contribution in [2.24, 2.45) is 5.73 Å². The molecule has 62 heavy (non-hydrogen) atoms. The van der Waals surface area contributed by atoms with Gasteiger partial charge >= 0.3 is 0 Å². The van der Waals surface area contributed by atoms with Gasteiger partial charge in [0.25, 0.3) is 0 Å². The standard InChI is InChI=1S/C41H51N5O4.2C3H8.C2H6O.CH3NO/c1-50-27-39(49)46-23-5-7-34(46)25-44-32-14-10-30(11-15-32)36-17-16-35(37-18-21-41(40(36)37)19-2-3-20-41)29-8-12-31(13-9-29)43-24-33-6-4-22-45(33)38(48)26-42-28-47;3*1-3-2;2-1-3/h8-17,28,33-34,43-44H,2-7,18-27H2,1H3,(H,42,47);2*3H2,1-2H3;1-2H3;1H,(H2,2,3)/t33-,34-;;;;/m0..../s1. The predicted octanol–water partition coefficient (Wildman–Crippen LogP) is 8.17. The van der Waals surface area contributed by atoms with Crippen LogP contribution in [-0.2, 0) is 40.5 Å². The number of rotatable bonds is 13. The maximum Gasteiger partial charge on any atom is 0.248 e. The van der Waals surface area contributed by atoms with Crippen LogP contribution in [0.5, 0.6) is 0 Å². The Morgan fingerprint density at radius 1 is 0.710 bits per heavy atom. The van der Waals surface area contributed by atoms with Gasteiger partial charge in [-0.3, -0.25) is 19.2 Å². The lowest BCUT2D eigenvalue weighted by molar-refractivity contribution is -0.135. The Balaban J connectivity index is 0.000000768. The van der Waals surface area contributed by atoms with Crippen molar-refractivity contribution in [3.63, 3.8) is 0 Å². The van der Waals surface area contributed by atoms with E-state index in [0.29, 0.717) is 13.0 Å². The SMILES string of the molecule is CCC.CCC.COC.COCC(=O)N1CCC[C@H]1CNc1ccc(-c2ccc(-c3ccc(NC[C@@H]4CCCN4C(=O)CNC=O)cc3)c3c2C2(CCCC2)CC3)cc1.NC=O. The Hall–Kier alpha value is -4.94. The van der Waals surface area contributed by atoms with Gasteiger partial charge in [-0.15, -0.1) is 0 Å². The van der Waals surface area contributed by atoms with E-state index in [2.05, 4.69) is 115 Å². The number of hydrogen-bond acceptors (Lipinski definition) is 8. The Labute approximate surface area is 372 Å². The van der Waals surface area contributed by atoms with Gasteiger partial charge in [-0.05, 0) is 114 Å². The first-order valence-electron chi connectivity index (χ1n) is 22.8. The van der Waals surface area contributed by atoms with Crippen molar-refractivity contribution in [3.8, 4) is 22.3 Å². The van der Waals surface area contributed by atoms with Gasteiger partial charge in [-0.2, -0.15) is 0 Å². The van der Waals surface area contributed by atoms with Crippen LogP contribution in [-0.4, -0.2) is 107 Å². The number of anilines is 2. The van der Waals surface area contributed by atoms with Gasteiger partial charge in [0.2, 0.25) is 24.6 Å². The molecule has 0 unspecified atom stereocenters. The van der Waals surface area contributed by atoms with Crippen molar-refractivity contribution in [1.29, 1.82) is 0 Å². The Morgan fingerprint density at radius 3 is 1.63 bits per heavy atom. The normalized spacial score (nSPS) is 17.7. The number of methoxy groups -OCH3 is 2. The Bertz CT molecular complexity index is 1770. The van der Waals surface area contributed by atoms with Crippen LogP contribution < -0.4 is 21.7 Å². The summed E-state index contributed by atoms with van der Waals surface area (Å²) in [5.41, 5.74) is 14.9. The third-order valence-corrected chi connectivity index (χ3v) is 11.7. The fraction of sp³-hybridized carbons (Fsp3) is 0.560. The lowest BCUT2D eigenvalue weighted by Crippen LogP contribution is -2.43. The molecule has 2 aliphatic heterocycles. The number of nitrogens with one attached hydrogen (secondary N) is 3. The van der Waals surface area contributed by atoms with Gasteiger partial charge < -0.3 is 41.0 Å². The molecule has 5 N–H and O–H groups in total. The molecule has 1 spiro atoms. The van der Waals surface area contributed by atoms with Crippen LogP contribution in [0.4, 0.5) is 11.4 Å². The lowest BCUT2D eigenvalue weighted by Gasteiger charge is -2.28. The highest BCUT2D eigenvalue weighted by molar-refractivity contribution is 5.82. The first-order valence-corrected chi connectivity index (χ1v) is 22.8. The molecule has 342 valence electrons. The molecule has 1 saturated carbocycles. The zero-order valence-corrected chi connectivity index (χ0v) is 38.7. The molecular formula is C50H76N6O6. The van der Waals surface area contributed by atoms with Crippen LogP contribution in [0.1, 0.15) is 109 Å². The highest BCUT2D eigenvalue weighted by Crippen LogP contribution is 2.55. The molecule has 0 bridgehead atoms. The highest BCUT2D eigenvalue weighted by Gasteiger charge is 2.43. The summed E-state index contributed by atoms with van der Waals surface area (Å²) in [5.74, 6) is 0.0509. The second kappa shape index (κ2) is 27.9. The smallest absolute Gasteiger partial charge is 0.248 e. The van der Waals surface area contributed by atoms with Gasteiger partial charge in [-0.25, -0.2) is 0 Å². The monoisotopic (exact) mass is 857 g/mol. The van der Waals surface area contributed by atoms with Crippen molar-refractivity contribution in [3.05, 3.63) is 71.8 Å². The van der Waals surface area contributed by atoms with Gasteiger partial charge in [0.05, 0.1) is 6.54 Å². The second-order valence-corrected chi connectivity index (χ2v) is 16.6.